The lowest BCUT2D eigenvalue weighted by Crippen LogP contribution is -2.08. The highest BCUT2D eigenvalue weighted by atomic mass is 17.4. The average Bonchev–Trinajstić information content (AvgIpc) is 3.22. The van der Waals surface area contributed by atoms with Gasteiger partial charge in [-0.1, -0.05) is 26.7 Å². The van der Waals surface area contributed by atoms with E-state index in [1.54, 1.807) is 0 Å². The summed E-state index contributed by atoms with van der Waals surface area (Å²) in [6.45, 7) is 4.14. The second-order valence-electron chi connectivity index (χ2n) is 4.50. The van der Waals surface area contributed by atoms with Gasteiger partial charge in [0.15, 0.2) is 11.5 Å². The van der Waals surface area contributed by atoms with Gasteiger partial charge in [-0.25, -0.2) is 0 Å². The van der Waals surface area contributed by atoms with Crippen LogP contribution in [0.5, 0.6) is 0 Å². The summed E-state index contributed by atoms with van der Waals surface area (Å²) in [5, 5.41) is 0. The lowest BCUT2D eigenvalue weighted by molar-refractivity contribution is 0.0850. The lowest BCUT2D eigenvalue weighted by atomic mass is 10.1. The standard InChI is InChI=1S/C12H16O5/c1-3-7-11(14-15-11)9-5-6-10(13-9)12(8-4-2)16-17-12/h5-6H,3-4,7-8H2,1-2H3. The summed E-state index contributed by atoms with van der Waals surface area (Å²) in [5.74, 6) is 0.0257. The molecule has 2 aliphatic heterocycles. The fourth-order valence-corrected chi connectivity index (χ4v) is 2.08. The van der Waals surface area contributed by atoms with Gasteiger partial charge in [0.25, 0.3) is 11.6 Å². The molecule has 3 heterocycles. The molecule has 0 aromatic carbocycles. The Labute approximate surface area is 99.4 Å². The zero-order chi connectivity index (χ0) is 11.9. The van der Waals surface area contributed by atoms with Crippen molar-refractivity contribution in [3.8, 4) is 0 Å². The molecule has 94 valence electrons. The second-order valence-corrected chi connectivity index (χ2v) is 4.50. The van der Waals surface area contributed by atoms with Gasteiger partial charge >= 0.3 is 0 Å². The molecule has 2 fully saturated rings. The molecule has 3 rings (SSSR count). The largest absolute Gasteiger partial charge is 0.454 e. The van der Waals surface area contributed by atoms with E-state index in [1.165, 1.54) is 0 Å². The molecule has 0 radical (unpaired) electrons. The Morgan fingerprint density at radius 1 is 0.824 bits per heavy atom. The topological polar surface area (TPSA) is 63.3 Å². The van der Waals surface area contributed by atoms with E-state index in [9.17, 15) is 0 Å². The lowest BCUT2D eigenvalue weighted by Gasteiger charge is -2.03. The number of rotatable bonds is 6. The van der Waals surface area contributed by atoms with Crippen LogP contribution >= 0.6 is 0 Å². The minimum atomic E-state index is -0.671. The maximum absolute atomic E-state index is 5.74. The molecule has 0 amide bonds. The van der Waals surface area contributed by atoms with Gasteiger partial charge in [-0.2, -0.15) is 19.6 Å². The first-order chi connectivity index (χ1) is 8.25. The Morgan fingerprint density at radius 3 is 1.53 bits per heavy atom. The fraction of sp³-hybridized carbons (Fsp3) is 0.667. The molecule has 2 aliphatic rings. The Kier molecular flexibility index (Phi) is 2.52. The minimum absolute atomic E-state index is 0.671. The molecule has 0 aliphatic carbocycles. The first kappa shape index (κ1) is 11.2. The molecule has 2 saturated heterocycles. The van der Waals surface area contributed by atoms with Crippen LogP contribution in [0.15, 0.2) is 16.5 Å². The van der Waals surface area contributed by atoms with Crippen LogP contribution in [0.2, 0.25) is 0 Å². The van der Waals surface area contributed by atoms with Gasteiger partial charge in [-0.15, -0.1) is 0 Å². The normalized spacial score (nSPS) is 23.6. The summed E-state index contributed by atoms with van der Waals surface area (Å²) < 4.78 is 5.74. The van der Waals surface area contributed by atoms with Crippen LogP contribution in [0.1, 0.15) is 51.1 Å². The Hall–Kier alpha value is -0.880. The van der Waals surface area contributed by atoms with Crippen LogP contribution in [0.3, 0.4) is 0 Å². The molecule has 0 N–H and O–H groups in total. The van der Waals surface area contributed by atoms with Crippen LogP contribution in [-0.4, -0.2) is 0 Å². The van der Waals surface area contributed by atoms with Gasteiger partial charge in [0.05, 0.1) is 0 Å². The van der Waals surface area contributed by atoms with E-state index in [2.05, 4.69) is 13.8 Å². The van der Waals surface area contributed by atoms with Gasteiger partial charge in [0.1, 0.15) is 0 Å². The van der Waals surface area contributed by atoms with E-state index in [1.807, 2.05) is 12.1 Å². The first-order valence-corrected chi connectivity index (χ1v) is 6.09. The van der Waals surface area contributed by atoms with Crippen molar-refractivity contribution in [2.45, 2.75) is 51.1 Å². The Balaban J connectivity index is 1.79. The molecule has 0 atom stereocenters. The summed E-state index contributed by atoms with van der Waals surface area (Å²) in [6.07, 6.45) is 3.48. The second kappa shape index (κ2) is 3.81. The SMILES string of the molecule is CCCC1(c2ccc(C3(CCC)OO3)o2)OO1. The number of hydrogen-bond acceptors (Lipinski definition) is 5. The van der Waals surface area contributed by atoms with E-state index in [0.717, 1.165) is 25.7 Å². The molecule has 0 spiro atoms. The predicted molar refractivity (Wildman–Crippen MR) is 56.2 cm³/mol. The van der Waals surface area contributed by atoms with Crippen molar-refractivity contribution in [1.82, 2.24) is 0 Å². The zero-order valence-electron chi connectivity index (χ0n) is 10.0. The fourth-order valence-electron chi connectivity index (χ4n) is 2.08. The van der Waals surface area contributed by atoms with Crippen LogP contribution < -0.4 is 0 Å². The minimum Gasteiger partial charge on any atom is -0.454 e. The molecule has 0 saturated carbocycles. The molecule has 0 bridgehead atoms. The van der Waals surface area contributed by atoms with Gasteiger partial charge in [-0.3, -0.25) is 0 Å². The highest BCUT2D eigenvalue weighted by Gasteiger charge is 2.57. The highest BCUT2D eigenvalue weighted by molar-refractivity contribution is 5.18. The van der Waals surface area contributed by atoms with Crippen LogP contribution in [0.25, 0.3) is 0 Å². The molecular formula is C12H16O5. The molecule has 0 unspecified atom stereocenters. The third kappa shape index (κ3) is 1.79. The van der Waals surface area contributed by atoms with Crippen LogP contribution in [0.4, 0.5) is 0 Å². The van der Waals surface area contributed by atoms with E-state index in [0.29, 0.717) is 11.5 Å². The quantitative estimate of drug-likeness (QED) is 0.564. The van der Waals surface area contributed by atoms with E-state index in [4.69, 9.17) is 24.0 Å². The van der Waals surface area contributed by atoms with Crippen molar-refractivity contribution in [3.63, 3.8) is 0 Å². The summed E-state index contributed by atoms with van der Waals surface area (Å²) >= 11 is 0. The molecule has 5 nitrogen and oxygen atoms in total. The van der Waals surface area contributed by atoms with E-state index >= 15 is 0 Å². The molecule has 1 aromatic heterocycles. The maximum atomic E-state index is 5.74. The average molecular weight is 240 g/mol. The molecule has 5 heteroatoms. The van der Waals surface area contributed by atoms with Crippen molar-refractivity contribution < 1.29 is 24.0 Å². The third-order valence-electron chi connectivity index (χ3n) is 3.08. The van der Waals surface area contributed by atoms with Crippen molar-refractivity contribution in [2.24, 2.45) is 0 Å². The Bertz CT molecular complexity index is 366. The van der Waals surface area contributed by atoms with Gasteiger partial charge < -0.3 is 4.42 Å². The summed E-state index contributed by atoms with van der Waals surface area (Å²) in [6, 6.07) is 3.72. The zero-order valence-corrected chi connectivity index (χ0v) is 10.0. The smallest absolute Gasteiger partial charge is 0.290 e. The van der Waals surface area contributed by atoms with E-state index in [-0.39, 0.29) is 0 Å². The van der Waals surface area contributed by atoms with Gasteiger partial charge in [-0.05, 0) is 12.1 Å². The summed E-state index contributed by atoms with van der Waals surface area (Å²) in [7, 11) is 0. The number of furan rings is 1. The number of hydrogen-bond donors (Lipinski definition) is 0. The van der Waals surface area contributed by atoms with Crippen molar-refractivity contribution >= 4 is 0 Å². The van der Waals surface area contributed by atoms with Crippen LogP contribution in [0, 0.1) is 0 Å². The Morgan fingerprint density at radius 2 is 1.24 bits per heavy atom. The summed E-state index contributed by atoms with van der Waals surface area (Å²) in [5.41, 5.74) is 0. The third-order valence-corrected chi connectivity index (χ3v) is 3.08. The van der Waals surface area contributed by atoms with Gasteiger partial charge in [0.2, 0.25) is 0 Å². The molecule has 1 aromatic rings. The van der Waals surface area contributed by atoms with E-state index < -0.39 is 11.6 Å². The van der Waals surface area contributed by atoms with Crippen molar-refractivity contribution in [1.29, 1.82) is 0 Å². The molecule has 17 heavy (non-hydrogen) atoms. The summed E-state index contributed by atoms with van der Waals surface area (Å²) in [4.78, 5) is 20.2. The predicted octanol–water partition coefficient (Wildman–Crippen LogP) is 3.11. The monoisotopic (exact) mass is 240 g/mol. The van der Waals surface area contributed by atoms with Crippen molar-refractivity contribution in [2.75, 3.05) is 0 Å². The maximum Gasteiger partial charge on any atom is 0.290 e. The highest BCUT2D eigenvalue weighted by Crippen LogP contribution is 2.50. The van der Waals surface area contributed by atoms with Crippen molar-refractivity contribution in [3.05, 3.63) is 23.7 Å². The molecular weight excluding hydrogens is 224 g/mol. The van der Waals surface area contributed by atoms with Crippen LogP contribution in [-0.2, 0) is 31.1 Å². The first-order valence-electron chi connectivity index (χ1n) is 6.09. The van der Waals surface area contributed by atoms with Gasteiger partial charge in [0, 0.05) is 12.8 Å².